The number of benzene rings is 3. The van der Waals surface area contributed by atoms with Gasteiger partial charge in [-0.2, -0.15) is 13.2 Å². The van der Waals surface area contributed by atoms with E-state index in [1.165, 1.54) is 18.2 Å². The molecule has 6 nitrogen and oxygen atoms in total. The third-order valence-electron chi connectivity index (χ3n) is 6.55. The highest BCUT2D eigenvalue weighted by Gasteiger charge is 2.67. The molecule has 3 aromatic carbocycles. The van der Waals surface area contributed by atoms with Crippen LogP contribution in [0.5, 0.6) is 0 Å². The Bertz CT molecular complexity index is 1620. The molecule has 1 fully saturated rings. The largest absolute Gasteiger partial charge is 0.417 e. The van der Waals surface area contributed by atoms with Gasteiger partial charge in [-0.05, 0) is 54.4 Å². The second-order valence-electron chi connectivity index (χ2n) is 9.59. The SMILES string of the molecule is CCCC(=O)Nc1c(F)ccc(NC(=O)c2cc(NC(=O)[C@H]3[C@H](c4ccc(Cl)c(C(F)(F)F)c4)C3(Cl)Cl)ccc2Cl)c1F. The zero-order valence-electron chi connectivity index (χ0n) is 21.8. The Hall–Kier alpha value is -3.12. The van der Waals surface area contributed by atoms with Crippen LogP contribution in [0.2, 0.25) is 10.0 Å². The number of carbonyl (C=O) groups is 3. The lowest BCUT2D eigenvalue weighted by molar-refractivity contribution is -0.137. The summed E-state index contributed by atoms with van der Waals surface area (Å²) in [5.74, 6) is -6.77. The molecule has 0 heterocycles. The summed E-state index contributed by atoms with van der Waals surface area (Å²) in [5.41, 5.74) is -2.44. The summed E-state index contributed by atoms with van der Waals surface area (Å²) in [4.78, 5) is 37.9. The number of nitrogens with one attached hydrogen (secondary N) is 3. The molecule has 2 atom stereocenters. The molecule has 4 rings (SSSR count). The molecule has 0 aromatic heterocycles. The first-order chi connectivity index (χ1) is 20.1. The molecule has 15 heteroatoms. The molecular formula is C28H20Cl4F5N3O3. The Morgan fingerprint density at radius 3 is 2.23 bits per heavy atom. The van der Waals surface area contributed by atoms with Crippen molar-refractivity contribution in [3.8, 4) is 0 Å². The molecule has 43 heavy (non-hydrogen) atoms. The fourth-order valence-corrected chi connectivity index (χ4v) is 5.66. The zero-order valence-corrected chi connectivity index (χ0v) is 24.8. The van der Waals surface area contributed by atoms with Crippen molar-refractivity contribution in [2.24, 2.45) is 5.92 Å². The van der Waals surface area contributed by atoms with Crippen molar-refractivity contribution in [1.29, 1.82) is 0 Å². The number of alkyl halides is 5. The number of carbonyl (C=O) groups excluding carboxylic acids is 3. The van der Waals surface area contributed by atoms with Crippen LogP contribution in [0, 0.1) is 17.6 Å². The molecule has 3 N–H and O–H groups in total. The average molecular weight is 683 g/mol. The van der Waals surface area contributed by atoms with Crippen LogP contribution in [-0.4, -0.2) is 22.1 Å². The lowest BCUT2D eigenvalue weighted by atomic mass is 10.0. The maximum absolute atomic E-state index is 15.0. The minimum atomic E-state index is -4.75. The summed E-state index contributed by atoms with van der Waals surface area (Å²) in [6, 6.07) is 8.66. The van der Waals surface area contributed by atoms with Gasteiger partial charge in [0.15, 0.2) is 5.82 Å². The van der Waals surface area contributed by atoms with Crippen LogP contribution in [0.4, 0.5) is 39.0 Å². The van der Waals surface area contributed by atoms with Gasteiger partial charge in [-0.15, -0.1) is 23.2 Å². The zero-order chi connectivity index (χ0) is 31.9. The predicted octanol–water partition coefficient (Wildman–Crippen LogP) is 8.81. The Morgan fingerprint density at radius 2 is 1.58 bits per heavy atom. The highest BCUT2D eigenvalue weighted by molar-refractivity contribution is 6.53. The van der Waals surface area contributed by atoms with Crippen molar-refractivity contribution >= 4 is 81.2 Å². The standard InChI is InChI=1S/C28H20Cl4F5N3O3/c1-2-3-20(41)40-24-18(33)8-9-19(23(24)34)39-25(42)14-11-13(5-7-16(14)29)38-26(43)22-21(27(22,31)32)12-4-6-17(30)15(10-12)28(35,36)37/h4-11,21-22H,2-3H2,1H3,(H,38,43)(H,39,42)(H,40,41)/t21-,22+/m0/s1. The van der Waals surface area contributed by atoms with Crippen molar-refractivity contribution < 1.29 is 36.3 Å². The van der Waals surface area contributed by atoms with Crippen LogP contribution in [0.25, 0.3) is 0 Å². The number of rotatable bonds is 8. The molecule has 3 aromatic rings. The summed E-state index contributed by atoms with van der Waals surface area (Å²) in [5, 5.41) is 6.25. The van der Waals surface area contributed by atoms with Gasteiger partial charge in [0.1, 0.15) is 15.8 Å². The number of anilines is 3. The Morgan fingerprint density at radius 1 is 0.907 bits per heavy atom. The van der Waals surface area contributed by atoms with Crippen LogP contribution < -0.4 is 16.0 Å². The van der Waals surface area contributed by atoms with E-state index in [0.29, 0.717) is 6.42 Å². The van der Waals surface area contributed by atoms with Crippen molar-refractivity contribution in [3.63, 3.8) is 0 Å². The summed E-state index contributed by atoms with van der Waals surface area (Å²) in [6.07, 6.45) is -4.29. The van der Waals surface area contributed by atoms with E-state index in [-0.39, 0.29) is 28.3 Å². The Labute approximate surface area is 261 Å². The normalized spacial score (nSPS) is 17.3. The molecule has 1 aliphatic rings. The topological polar surface area (TPSA) is 87.3 Å². The molecule has 1 saturated carbocycles. The average Bonchev–Trinajstić information content (AvgIpc) is 3.50. The van der Waals surface area contributed by atoms with Gasteiger partial charge in [0.2, 0.25) is 11.8 Å². The number of hydrogen-bond donors (Lipinski definition) is 3. The van der Waals surface area contributed by atoms with Crippen LogP contribution >= 0.6 is 46.4 Å². The van der Waals surface area contributed by atoms with Gasteiger partial charge in [-0.25, -0.2) is 8.78 Å². The van der Waals surface area contributed by atoms with E-state index in [1.807, 2.05) is 0 Å². The molecule has 0 unspecified atom stereocenters. The smallest absolute Gasteiger partial charge is 0.326 e. The summed E-state index contributed by atoms with van der Waals surface area (Å²) >= 11 is 24.4. The molecule has 0 bridgehead atoms. The van der Waals surface area contributed by atoms with Gasteiger partial charge in [-0.1, -0.05) is 36.2 Å². The van der Waals surface area contributed by atoms with E-state index in [2.05, 4.69) is 16.0 Å². The van der Waals surface area contributed by atoms with Crippen molar-refractivity contribution in [2.75, 3.05) is 16.0 Å². The third-order valence-corrected chi connectivity index (χ3v) is 8.15. The quantitative estimate of drug-likeness (QED) is 0.164. The third kappa shape index (κ3) is 7.01. The lowest BCUT2D eigenvalue weighted by Crippen LogP contribution is -2.19. The minimum Gasteiger partial charge on any atom is -0.326 e. The number of amides is 3. The monoisotopic (exact) mass is 681 g/mol. The Balaban J connectivity index is 1.52. The molecule has 1 aliphatic carbocycles. The first kappa shape index (κ1) is 32.8. The first-order valence-electron chi connectivity index (χ1n) is 12.5. The van der Waals surface area contributed by atoms with E-state index in [0.717, 1.165) is 30.3 Å². The van der Waals surface area contributed by atoms with E-state index >= 15 is 0 Å². The lowest BCUT2D eigenvalue weighted by Gasteiger charge is -2.13. The van der Waals surface area contributed by atoms with Crippen LogP contribution in [0.3, 0.4) is 0 Å². The maximum Gasteiger partial charge on any atom is 0.417 e. The summed E-state index contributed by atoms with van der Waals surface area (Å²) in [6.45, 7) is 1.71. The van der Waals surface area contributed by atoms with Gasteiger partial charge < -0.3 is 16.0 Å². The van der Waals surface area contributed by atoms with Gasteiger partial charge in [-0.3, -0.25) is 14.4 Å². The van der Waals surface area contributed by atoms with Gasteiger partial charge in [0, 0.05) is 18.0 Å². The van der Waals surface area contributed by atoms with Crippen LogP contribution in [0.1, 0.15) is 47.2 Å². The summed E-state index contributed by atoms with van der Waals surface area (Å²) < 4.78 is 67.4. The minimum absolute atomic E-state index is 0.0219. The van der Waals surface area contributed by atoms with Crippen LogP contribution in [0.15, 0.2) is 48.5 Å². The number of halogens is 9. The van der Waals surface area contributed by atoms with Crippen molar-refractivity contribution in [1.82, 2.24) is 0 Å². The van der Waals surface area contributed by atoms with E-state index in [1.54, 1.807) is 6.92 Å². The predicted molar refractivity (Wildman–Crippen MR) is 155 cm³/mol. The van der Waals surface area contributed by atoms with E-state index in [4.69, 9.17) is 46.4 Å². The van der Waals surface area contributed by atoms with Gasteiger partial charge in [0.05, 0.1) is 32.8 Å². The number of hydrogen-bond acceptors (Lipinski definition) is 3. The molecular weight excluding hydrogens is 663 g/mol. The second-order valence-corrected chi connectivity index (χ2v) is 11.8. The maximum atomic E-state index is 15.0. The molecule has 3 amide bonds. The van der Waals surface area contributed by atoms with Crippen molar-refractivity contribution in [3.05, 3.63) is 86.9 Å². The van der Waals surface area contributed by atoms with Gasteiger partial charge in [0.25, 0.3) is 5.91 Å². The van der Waals surface area contributed by atoms with E-state index < -0.39 is 73.7 Å². The second kappa shape index (κ2) is 12.5. The van der Waals surface area contributed by atoms with Crippen molar-refractivity contribution in [2.45, 2.75) is 36.2 Å². The molecule has 0 spiro atoms. The first-order valence-corrected chi connectivity index (χ1v) is 14.0. The van der Waals surface area contributed by atoms with E-state index in [9.17, 15) is 36.3 Å². The highest BCUT2D eigenvalue weighted by Crippen LogP contribution is 2.65. The molecule has 0 saturated heterocycles. The van der Waals surface area contributed by atoms with Gasteiger partial charge >= 0.3 is 6.18 Å². The summed E-state index contributed by atoms with van der Waals surface area (Å²) in [7, 11) is 0. The molecule has 0 aliphatic heterocycles. The fourth-order valence-electron chi connectivity index (χ4n) is 4.40. The Kier molecular flexibility index (Phi) is 9.51. The van der Waals surface area contributed by atoms with Crippen LogP contribution in [-0.2, 0) is 15.8 Å². The fraction of sp³-hybridized carbons (Fsp3) is 0.250. The molecule has 228 valence electrons. The molecule has 0 radical (unpaired) electrons. The highest BCUT2D eigenvalue weighted by atomic mass is 35.5.